The highest BCUT2D eigenvalue weighted by Gasteiger charge is 2.31. The first-order valence-electron chi connectivity index (χ1n) is 6.13. The molecule has 16 heavy (non-hydrogen) atoms. The summed E-state index contributed by atoms with van der Waals surface area (Å²) in [5, 5.41) is 4.16. The van der Waals surface area contributed by atoms with E-state index < -0.39 is 0 Å². The third-order valence-electron chi connectivity index (χ3n) is 3.42. The summed E-state index contributed by atoms with van der Waals surface area (Å²) in [4.78, 5) is 0. The summed E-state index contributed by atoms with van der Waals surface area (Å²) < 4.78 is 0. The number of nitrogens with one attached hydrogen (secondary N) is 1. The summed E-state index contributed by atoms with van der Waals surface area (Å²) >= 11 is 2.02. The molecule has 1 saturated heterocycles. The number of hydrogen-bond donors (Lipinski definition) is 1. The van der Waals surface area contributed by atoms with Crippen molar-refractivity contribution in [1.82, 2.24) is 5.32 Å². The van der Waals surface area contributed by atoms with Crippen LogP contribution in [0.15, 0.2) is 24.3 Å². The zero-order valence-electron chi connectivity index (χ0n) is 9.99. The highest BCUT2D eigenvalue weighted by molar-refractivity contribution is 7.99. The van der Waals surface area contributed by atoms with Gasteiger partial charge in [-0.25, -0.2) is 0 Å². The molecule has 1 heterocycles. The second-order valence-corrected chi connectivity index (χ2v) is 6.75. The minimum Gasteiger partial charge on any atom is -0.296 e. The Kier molecular flexibility index (Phi) is 2.52. The van der Waals surface area contributed by atoms with E-state index in [1.54, 1.807) is 0 Å². The van der Waals surface area contributed by atoms with E-state index in [0.717, 1.165) is 5.92 Å². The van der Waals surface area contributed by atoms with Crippen molar-refractivity contribution in [3.8, 4) is 0 Å². The van der Waals surface area contributed by atoms with Crippen molar-refractivity contribution in [3.63, 3.8) is 0 Å². The minimum absolute atomic E-state index is 0.282. The van der Waals surface area contributed by atoms with Crippen LogP contribution in [0.5, 0.6) is 0 Å². The molecule has 1 aromatic rings. The summed E-state index contributed by atoms with van der Waals surface area (Å²) in [5.74, 6) is 2.07. The van der Waals surface area contributed by atoms with Gasteiger partial charge >= 0.3 is 0 Å². The standard InChI is InChI=1S/C14H19NS/c1-14(2)9-16-13(15-14)12-7-5-11(6-8-12)10-3-4-10/h5-8,10,13,15H,3-4,9H2,1-2H3. The van der Waals surface area contributed by atoms with E-state index in [1.165, 1.54) is 29.7 Å². The van der Waals surface area contributed by atoms with E-state index in [2.05, 4.69) is 43.4 Å². The SMILES string of the molecule is CC1(C)CSC(c2ccc(C3CC3)cc2)N1. The molecular formula is C14H19NS. The number of benzene rings is 1. The Bertz CT molecular complexity index is 378. The largest absolute Gasteiger partial charge is 0.296 e. The van der Waals surface area contributed by atoms with Crippen LogP contribution in [0.1, 0.15) is 49.1 Å². The van der Waals surface area contributed by atoms with Gasteiger partial charge in [-0.05, 0) is 43.7 Å². The average Bonchev–Trinajstić information content (AvgIpc) is 3.04. The zero-order chi connectivity index (χ0) is 11.2. The summed E-state index contributed by atoms with van der Waals surface area (Å²) in [5.41, 5.74) is 3.25. The third kappa shape index (κ3) is 2.14. The lowest BCUT2D eigenvalue weighted by Crippen LogP contribution is -2.35. The maximum Gasteiger partial charge on any atom is 0.0794 e. The molecule has 0 aromatic heterocycles. The van der Waals surface area contributed by atoms with Crippen LogP contribution >= 0.6 is 11.8 Å². The second-order valence-electron chi connectivity index (χ2n) is 5.66. The first-order valence-corrected chi connectivity index (χ1v) is 7.18. The Balaban J connectivity index is 1.74. The number of thioether (sulfide) groups is 1. The van der Waals surface area contributed by atoms with Crippen molar-refractivity contribution in [2.45, 2.75) is 43.5 Å². The molecule has 2 fully saturated rings. The Morgan fingerprint density at radius 2 is 1.75 bits per heavy atom. The third-order valence-corrected chi connectivity index (χ3v) is 5.03. The van der Waals surface area contributed by atoms with Crippen LogP contribution in [0.25, 0.3) is 0 Å². The molecule has 1 aromatic carbocycles. The van der Waals surface area contributed by atoms with Crippen LogP contribution in [0, 0.1) is 0 Å². The van der Waals surface area contributed by atoms with Crippen LogP contribution in [0.3, 0.4) is 0 Å². The highest BCUT2D eigenvalue weighted by atomic mass is 32.2. The fraction of sp³-hybridized carbons (Fsp3) is 0.571. The van der Waals surface area contributed by atoms with Gasteiger partial charge in [-0.2, -0.15) is 0 Å². The normalized spacial score (nSPS) is 28.2. The molecule has 0 amide bonds. The molecule has 1 aliphatic carbocycles. The molecule has 1 aliphatic heterocycles. The molecule has 0 bridgehead atoms. The van der Waals surface area contributed by atoms with Crippen LogP contribution in [-0.2, 0) is 0 Å². The summed E-state index contributed by atoms with van der Waals surface area (Å²) in [6.45, 7) is 4.55. The van der Waals surface area contributed by atoms with Gasteiger partial charge in [-0.1, -0.05) is 24.3 Å². The second kappa shape index (κ2) is 3.78. The van der Waals surface area contributed by atoms with Crippen LogP contribution < -0.4 is 5.32 Å². The van der Waals surface area contributed by atoms with Crippen LogP contribution in [-0.4, -0.2) is 11.3 Å². The van der Waals surface area contributed by atoms with Gasteiger partial charge in [-0.15, -0.1) is 11.8 Å². The quantitative estimate of drug-likeness (QED) is 0.836. The molecule has 1 atom stereocenters. The molecule has 86 valence electrons. The Morgan fingerprint density at radius 3 is 2.25 bits per heavy atom. The predicted octanol–water partition coefficient (Wildman–Crippen LogP) is 3.68. The maximum absolute atomic E-state index is 3.67. The lowest BCUT2D eigenvalue weighted by Gasteiger charge is -2.19. The van der Waals surface area contributed by atoms with Gasteiger partial charge in [0.25, 0.3) is 0 Å². The molecule has 1 saturated carbocycles. The molecule has 2 heteroatoms. The van der Waals surface area contributed by atoms with Crippen molar-refractivity contribution in [1.29, 1.82) is 0 Å². The topological polar surface area (TPSA) is 12.0 Å². The van der Waals surface area contributed by atoms with E-state index >= 15 is 0 Å². The Morgan fingerprint density at radius 1 is 1.12 bits per heavy atom. The van der Waals surface area contributed by atoms with Gasteiger partial charge in [-0.3, -0.25) is 5.32 Å². The van der Waals surface area contributed by atoms with Crippen LogP contribution in [0.4, 0.5) is 0 Å². The maximum atomic E-state index is 3.67. The Labute approximate surface area is 102 Å². The van der Waals surface area contributed by atoms with E-state index in [0.29, 0.717) is 5.37 Å². The smallest absolute Gasteiger partial charge is 0.0794 e. The van der Waals surface area contributed by atoms with Crippen LogP contribution in [0.2, 0.25) is 0 Å². The zero-order valence-corrected chi connectivity index (χ0v) is 10.8. The fourth-order valence-electron chi connectivity index (χ4n) is 2.27. The van der Waals surface area contributed by atoms with E-state index in [-0.39, 0.29) is 5.54 Å². The van der Waals surface area contributed by atoms with E-state index in [1.807, 2.05) is 11.8 Å². The summed E-state index contributed by atoms with van der Waals surface area (Å²) in [6.07, 6.45) is 2.78. The first-order chi connectivity index (χ1) is 7.64. The fourth-order valence-corrected chi connectivity index (χ4v) is 3.69. The Hall–Kier alpha value is -0.470. The molecule has 0 radical (unpaired) electrons. The monoisotopic (exact) mass is 233 g/mol. The summed E-state index contributed by atoms with van der Waals surface area (Å²) in [6, 6.07) is 9.25. The molecule has 1 nitrogen and oxygen atoms in total. The van der Waals surface area contributed by atoms with E-state index in [9.17, 15) is 0 Å². The molecular weight excluding hydrogens is 214 g/mol. The van der Waals surface area contributed by atoms with Crippen molar-refractivity contribution >= 4 is 11.8 Å². The number of hydrogen-bond acceptors (Lipinski definition) is 2. The molecule has 1 N–H and O–H groups in total. The predicted molar refractivity (Wildman–Crippen MR) is 70.8 cm³/mol. The van der Waals surface area contributed by atoms with Gasteiger partial charge in [0.15, 0.2) is 0 Å². The number of rotatable bonds is 2. The van der Waals surface area contributed by atoms with Crippen molar-refractivity contribution in [3.05, 3.63) is 35.4 Å². The van der Waals surface area contributed by atoms with Gasteiger partial charge in [0.2, 0.25) is 0 Å². The molecule has 0 spiro atoms. The van der Waals surface area contributed by atoms with Gasteiger partial charge in [0.1, 0.15) is 0 Å². The van der Waals surface area contributed by atoms with Crippen molar-refractivity contribution < 1.29 is 0 Å². The molecule has 3 rings (SSSR count). The van der Waals surface area contributed by atoms with Crippen molar-refractivity contribution in [2.75, 3.05) is 5.75 Å². The van der Waals surface area contributed by atoms with E-state index in [4.69, 9.17) is 0 Å². The minimum atomic E-state index is 0.282. The first kappa shape index (κ1) is 10.7. The lowest BCUT2D eigenvalue weighted by molar-refractivity contribution is 0.452. The molecule has 2 aliphatic rings. The summed E-state index contributed by atoms with van der Waals surface area (Å²) in [7, 11) is 0. The average molecular weight is 233 g/mol. The molecule has 1 unspecified atom stereocenters. The van der Waals surface area contributed by atoms with Crippen molar-refractivity contribution in [2.24, 2.45) is 0 Å². The highest BCUT2D eigenvalue weighted by Crippen LogP contribution is 2.41. The van der Waals surface area contributed by atoms with Gasteiger partial charge < -0.3 is 0 Å². The van der Waals surface area contributed by atoms with Gasteiger partial charge in [0, 0.05) is 11.3 Å². The lowest BCUT2D eigenvalue weighted by atomic mass is 10.1. The van der Waals surface area contributed by atoms with Gasteiger partial charge in [0.05, 0.1) is 5.37 Å².